The highest BCUT2D eigenvalue weighted by molar-refractivity contribution is 6.02. The number of aromatic hydroxyl groups is 2. The summed E-state index contributed by atoms with van der Waals surface area (Å²) in [4.78, 5) is 12.7. The predicted octanol–water partition coefficient (Wildman–Crippen LogP) is 1.02. The lowest BCUT2D eigenvalue weighted by atomic mass is 9.95. The van der Waals surface area contributed by atoms with Gasteiger partial charge >= 0.3 is 0 Å². The quantitative estimate of drug-likeness (QED) is 0.458. The minimum Gasteiger partial charge on any atom is -0.507 e. The fraction of sp³-hybridized carbons (Fsp3) is 0.409. The Balaban J connectivity index is 1.60. The Labute approximate surface area is 183 Å². The average Bonchev–Trinajstić information content (AvgIpc) is 2.75. The Kier molecular flexibility index (Phi) is 5.87. The summed E-state index contributed by atoms with van der Waals surface area (Å²) in [5.74, 6) is -0.501. The third-order valence-corrected chi connectivity index (χ3v) is 5.61. The van der Waals surface area contributed by atoms with Crippen LogP contribution in [-0.4, -0.2) is 69.1 Å². The Bertz CT molecular complexity index is 1020. The number of Topliss-reactive ketones (excluding diaryl/α,β-unsaturated/α-hetero) is 1. The van der Waals surface area contributed by atoms with Crippen molar-refractivity contribution in [3.63, 3.8) is 0 Å². The van der Waals surface area contributed by atoms with Crippen LogP contribution in [0.4, 0.5) is 0 Å². The molecule has 6 atom stereocenters. The van der Waals surface area contributed by atoms with Crippen molar-refractivity contribution in [2.75, 3.05) is 7.11 Å². The summed E-state index contributed by atoms with van der Waals surface area (Å²) < 4.78 is 21.9. The minimum atomic E-state index is -1.54. The van der Waals surface area contributed by atoms with Crippen LogP contribution in [-0.2, 0) is 4.74 Å². The Morgan fingerprint density at radius 2 is 1.75 bits per heavy atom. The van der Waals surface area contributed by atoms with Gasteiger partial charge < -0.3 is 44.5 Å². The van der Waals surface area contributed by atoms with Crippen LogP contribution in [0.2, 0.25) is 0 Å². The maximum absolute atomic E-state index is 12.7. The van der Waals surface area contributed by atoms with Crippen molar-refractivity contribution >= 4 is 5.78 Å². The predicted molar refractivity (Wildman–Crippen MR) is 108 cm³/mol. The van der Waals surface area contributed by atoms with E-state index in [0.29, 0.717) is 5.56 Å². The van der Waals surface area contributed by atoms with Crippen LogP contribution in [0, 0.1) is 0 Å². The van der Waals surface area contributed by atoms with Crippen molar-refractivity contribution < 1.29 is 49.3 Å². The minimum absolute atomic E-state index is 0.0136. The van der Waals surface area contributed by atoms with Crippen LogP contribution in [0.15, 0.2) is 30.3 Å². The lowest BCUT2D eigenvalue weighted by molar-refractivity contribution is -0.268. The molecule has 4 rings (SSSR count). The van der Waals surface area contributed by atoms with Crippen molar-refractivity contribution in [1.82, 2.24) is 0 Å². The Morgan fingerprint density at radius 1 is 1.00 bits per heavy atom. The van der Waals surface area contributed by atoms with Crippen molar-refractivity contribution in [2.45, 2.75) is 50.2 Å². The number of methoxy groups -OCH3 is 1. The normalized spacial score (nSPS) is 29.7. The van der Waals surface area contributed by atoms with E-state index in [1.165, 1.54) is 32.2 Å². The standard InChI is InChI=1S/C22H24O10/c1-9-19(26)20(27)21(28)22(30-9)31-11-6-13(24)18-14(25)8-16(32-17(18)7-11)10-3-4-15(29-2)12(23)5-10/h3-7,9,16,19-24,26-28H,8H2,1-2H3. The van der Waals surface area contributed by atoms with E-state index in [0.717, 1.165) is 0 Å². The van der Waals surface area contributed by atoms with E-state index in [-0.39, 0.29) is 46.5 Å². The number of aliphatic hydroxyl groups is 3. The second-order valence-corrected chi connectivity index (χ2v) is 7.78. The largest absolute Gasteiger partial charge is 0.507 e. The van der Waals surface area contributed by atoms with E-state index < -0.39 is 36.8 Å². The molecule has 32 heavy (non-hydrogen) atoms. The van der Waals surface area contributed by atoms with E-state index in [1.807, 2.05) is 0 Å². The molecule has 0 aromatic heterocycles. The van der Waals surface area contributed by atoms with Gasteiger partial charge in [-0.3, -0.25) is 4.79 Å². The fourth-order valence-electron chi connectivity index (χ4n) is 3.82. The van der Waals surface area contributed by atoms with Gasteiger partial charge in [0, 0.05) is 12.1 Å². The average molecular weight is 448 g/mol. The van der Waals surface area contributed by atoms with Gasteiger partial charge in [0.05, 0.1) is 19.6 Å². The molecule has 2 aromatic carbocycles. The second-order valence-electron chi connectivity index (χ2n) is 7.78. The highest BCUT2D eigenvalue weighted by Gasteiger charge is 2.43. The molecule has 2 heterocycles. The van der Waals surface area contributed by atoms with Gasteiger partial charge in [-0.2, -0.15) is 0 Å². The molecule has 10 nitrogen and oxygen atoms in total. The highest BCUT2D eigenvalue weighted by Crippen LogP contribution is 2.43. The third-order valence-electron chi connectivity index (χ3n) is 5.61. The Hall–Kier alpha value is -3.05. The number of phenolic OH excluding ortho intramolecular Hbond substituents is 2. The van der Waals surface area contributed by atoms with E-state index >= 15 is 0 Å². The smallest absolute Gasteiger partial charge is 0.229 e. The first-order chi connectivity index (χ1) is 15.2. The van der Waals surface area contributed by atoms with Crippen molar-refractivity contribution in [3.05, 3.63) is 41.5 Å². The van der Waals surface area contributed by atoms with Crippen LogP contribution in [0.5, 0.6) is 28.7 Å². The zero-order valence-corrected chi connectivity index (χ0v) is 17.3. The van der Waals surface area contributed by atoms with E-state index in [2.05, 4.69) is 0 Å². The van der Waals surface area contributed by atoms with E-state index in [1.54, 1.807) is 12.1 Å². The Morgan fingerprint density at radius 3 is 2.44 bits per heavy atom. The maximum atomic E-state index is 12.7. The first kappa shape index (κ1) is 22.2. The van der Waals surface area contributed by atoms with Gasteiger partial charge in [-0.1, -0.05) is 6.07 Å². The van der Waals surface area contributed by atoms with Crippen molar-refractivity contribution in [3.8, 4) is 28.7 Å². The van der Waals surface area contributed by atoms with Gasteiger partial charge in [-0.15, -0.1) is 0 Å². The van der Waals surface area contributed by atoms with Crippen molar-refractivity contribution in [1.29, 1.82) is 0 Å². The van der Waals surface area contributed by atoms with Gasteiger partial charge in [-0.25, -0.2) is 0 Å². The summed E-state index contributed by atoms with van der Waals surface area (Å²) in [7, 11) is 1.42. The monoisotopic (exact) mass is 448 g/mol. The molecule has 0 bridgehead atoms. The lowest BCUT2D eigenvalue weighted by Gasteiger charge is -2.39. The number of phenols is 2. The number of carbonyl (C=O) groups excluding carboxylic acids is 1. The van der Waals surface area contributed by atoms with Crippen LogP contribution in [0.3, 0.4) is 0 Å². The molecule has 0 amide bonds. The molecular weight excluding hydrogens is 424 g/mol. The summed E-state index contributed by atoms with van der Waals surface area (Å²) in [5.41, 5.74) is 0.519. The second kappa shape index (κ2) is 8.47. The van der Waals surface area contributed by atoms with Gasteiger partial charge in [0.25, 0.3) is 0 Å². The summed E-state index contributed by atoms with van der Waals surface area (Å²) in [5, 5.41) is 50.3. The molecule has 0 aliphatic carbocycles. The van der Waals surface area contributed by atoms with Crippen LogP contribution >= 0.6 is 0 Å². The summed E-state index contributed by atoms with van der Waals surface area (Å²) in [6.07, 6.45) is -7.24. The number of hydrogen-bond acceptors (Lipinski definition) is 10. The van der Waals surface area contributed by atoms with Gasteiger partial charge in [0.1, 0.15) is 47.2 Å². The molecule has 2 aliphatic heterocycles. The molecule has 6 unspecified atom stereocenters. The van der Waals surface area contributed by atoms with Gasteiger partial charge in [0.2, 0.25) is 6.29 Å². The third kappa shape index (κ3) is 3.93. The van der Waals surface area contributed by atoms with Gasteiger partial charge in [-0.05, 0) is 24.6 Å². The zero-order valence-electron chi connectivity index (χ0n) is 17.3. The van der Waals surface area contributed by atoms with E-state index in [4.69, 9.17) is 18.9 Å². The SMILES string of the molecule is COc1ccc(C2CC(=O)c3c(O)cc(OC4OC(C)C(O)C(O)C4O)cc3O2)cc1O. The summed E-state index contributed by atoms with van der Waals surface area (Å²) in [6, 6.07) is 7.18. The number of hydrogen-bond donors (Lipinski definition) is 5. The van der Waals surface area contributed by atoms with Crippen LogP contribution in [0.25, 0.3) is 0 Å². The number of carbonyl (C=O) groups is 1. The van der Waals surface area contributed by atoms with E-state index in [9.17, 15) is 30.3 Å². The van der Waals surface area contributed by atoms with Crippen LogP contribution < -0.4 is 14.2 Å². The molecule has 2 aromatic rings. The first-order valence-electron chi connectivity index (χ1n) is 9.99. The van der Waals surface area contributed by atoms with Gasteiger partial charge in [0.15, 0.2) is 17.3 Å². The molecule has 2 aliphatic rings. The molecule has 5 N–H and O–H groups in total. The number of fused-ring (bicyclic) bond motifs is 1. The molecule has 0 saturated carbocycles. The van der Waals surface area contributed by atoms with Crippen LogP contribution in [0.1, 0.15) is 35.4 Å². The topological polar surface area (TPSA) is 155 Å². The molecule has 0 spiro atoms. The first-order valence-corrected chi connectivity index (χ1v) is 9.99. The number of ketones is 1. The lowest BCUT2D eigenvalue weighted by Crippen LogP contribution is -2.58. The molecule has 0 radical (unpaired) electrons. The maximum Gasteiger partial charge on any atom is 0.229 e. The molecule has 172 valence electrons. The molecule has 10 heteroatoms. The number of rotatable bonds is 4. The molecule has 1 saturated heterocycles. The fourth-order valence-corrected chi connectivity index (χ4v) is 3.82. The summed E-state index contributed by atoms with van der Waals surface area (Å²) in [6.45, 7) is 1.51. The number of ether oxygens (including phenoxy) is 4. The zero-order chi connectivity index (χ0) is 23.2. The molecular formula is C22H24O10. The molecule has 1 fully saturated rings. The number of aliphatic hydroxyl groups excluding tert-OH is 3. The number of benzene rings is 2. The summed E-state index contributed by atoms with van der Waals surface area (Å²) >= 11 is 0. The highest BCUT2D eigenvalue weighted by atomic mass is 16.7. The van der Waals surface area contributed by atoms with Crippen molar-refractivity contribution in [2.24, 2.45) is 0 Å².